The molecule has 1 heterocycles. The zero-order chi connectivity index (χ0) is 19.6. The minimum absolute atomic E-state index is 0. The van der Waals surface area contributed by atoms with Crippen LogP contribution >= 0.6 is 24.0 Å². The summed E-state index contributed by atoms with van der Waals surface area (Å²) in [6.45, 7) is 6.61. The van der Waals surface area contributed by atoms with Gasteiger partial charge in [-0.1, -0.05) is 42.5 Å². The topological polar surface area (TPSA) is 63.5 Å². The zero-order valence-electron chi connectivity index (χ0n) is 17.0. The fourth-order valence-corrected chi connectivity index (χ4v) is 3.58. The highest BCUT2D eigenvalue weighted by Gasteiger charge is 2.23. The Morgan fingerprint density at radius 2 is 1.76 bits per heavy atom. The Labute approximate surface area is 191 Å². The van der Waals surface area contributed by atoms with E-state index in [1.54, 1.807) is 0 Å². The van der Waals surface area contributed by atoms with Crippen LogP contribution in [-0.4, -0.2) is 37.0 Å². The largest absolute Gasteiger partial charge is 0.357 e. The van der Waals surface area contributed by atoms with E-state index in [0.29, 0.717) is 18.2 Å². The van der Waals surface area contributed by atoms with E-state index in [1.807, 2.05) is 24.3 Å². The molecule has 0 saturated carbocycles. The van der Waals surface area contributed by atoms with Crippen molar-refractivity contribution in [2.24, 2.45) is 4.99 Å². The summed E-state index contributed by atoms with van der Waals surface area (Å²) in [7, 11) is 0. The minimum atomic E-state index is 0. The summed E-state index contributed by atoms with van der Waals surface area (Å²) >= 11 is 0. The molecule has 0 bridgehead atoms. The monoisotopic (exact) mass is 503 g/mol. The maximum absolute atomic E-state index is 8.92. The average molecular weight is 503 g/mol. The molecule has 5 nitrogen and oxygen atoms in total. The van der Waals surface area contributed by atoms with Crippen LogP contribution in [0.1, 0.15) is 42.5 Å². The molecule has 0 radical (unpaired) electrons. The summed E-state index contributed by atoms with van der Waals surface area (Å²) in [5, 5.41) is 15.8. The summed E-state index contributed by atoms with van der Waals surface area (Å²) < 4.78 is 0. The van der Waals surface area contributed by atoms with Crippen LogP contribution < -0.4 is 10.6 Å². The molecule has 6 heteroatoms. The SMILES string of the molecule is CCNC(=NCc1ccc(C#N)cc1)NCC(c1ccccc1)N1CCCC1.I. The summed E-state index contributed by atoms with van der Waals surface area (Å²) in [6, 6.07) is 20.8. The molecule has 1 atom stereocenters. The molecule has 2 N–H and O–H groups in total. The highest BCUT2D eigenvalue weighted by atomic mass is 127. The van der Waals surface area contributed by atoms with E-state index in [9.17, 15) is 0 Å². The summed E-state index contributed by atoms with van der Waals surface area (Å²) in [6.07, 6.45) is 2.55. The van der Waals surface area contributed by atoms with Gasteiger partial charge in [0.25, 0.3) is 0 Å². The molecule has 2 aromatic rings. The van der Waals surface area contributed by atoms with Gasteiger partial charge in [0.05, 0.1) is 24.2 Å². The van der Waals surface area contributed by atoms with Gasteiger partial charge in [0.2, 0.25) is 0 Å². The molecule has 29 heavy (non-hydrogen) atoms. The molecule has 154 valence electrons. The standard InChI is InChI=1S/C23H29N5.HI/c1-2-25-23(26-17-20-12-10-19(16-24)11-13-20)27-18-22(28-14-6-7-15-28)21-8-4-3-5-9-21;/h3-5,8-13,22H,2,6-7,14-15,17-18H2,1H3,(H2,25,26,27);1H. The van der Waals surface area contributed by atoms with Crippen LogP contribution in [0.5, 0.6) is 0 Å². The average Bonchev–Trinajstić information content (AvgIpc) is 3.28. The van der Waals surface area contributed by atoms with Crippen LogP contribution in [0.4, 0.5) is 0 Å². The second kappa shape index (κ2) is 12.5. The zero-order valence-corrected chi connectivity index (χ0v) is 19.3. The number of nitrogens with zero attached hydrogens (tertiary/aromatic N) is 3. The van der Waals surface area contributed by atoms with Gasteiger partial charge in [-0.15, -0.1) is 24.0 Å². The van der Waals surface area contributed by atoms with Crippen molar-refractivity contribution in [2.45, 2.75) is 32.4 Å². The van der Waals surface area contributed by atoms with Gasteiger partial charge >= 0.3 is 0 Å². The quantitative estimate of drug-likeness (QED) is 0.340. The van der Waals surface area contributed by atoms with Gasteiger partial charge in [0, 0.05) is 13.1 Å². The Kier molecular flexibility index (Phi) is 9.95. The smallest absolute Gasteiger partial charge is 0.191 e. The maximum atomic E-state index is 8.92. The molecule has 1 unspecified atom stereocenters. The Morgan fingerprint density at radius 1 is 1.07 bits per heavy atom. The number of halogens is 1. The van der Waals surface area contributed by atoms with Crippen LogP contribution in [-0.2, 0) is 6.54 Å². The van der Waals surface area contributed by atoms with Crippen molar-refractivity contribution in [1.82, 2.24) is 15.5 Å². The highest BCUT2D eigenvalue weighted by Crippen LogP contribution is 2.24. The first-order chi connectivity index (χ1) is 13.8. The number of likely N-dealkylation sites (tertiary alicyclic amines) is 1. The third-order valence-corrected chi connectivity index (χ3v) is 5.08. The fraction of sp³-hybridized carbons (Fsp3) is 0.391. The van der Waals surface area contributed by atoms with Gasteiger partial charge in [-0.3, -0.25) is 4.90 Å². The third-order valence-electron chi connectivity index (χ3n) is 5.08. The Morgan fingerprint density at radius 3 is 2.38 bits per heavy atom. The second-order valence-corrected chi connectivity index (χ2v) is 7.05. The van der Waals surface area contributed by atoms with E-state index in [2.05, 4.69) is 58.9 Å². The second-order valence-electron chi connectivity index (χ2n) is 7.05. The number of hydrogen-bond acceptors (Lipinski definition) is 3. The minimum Gasteiger partial charge on any atom is -0.357 e. The van der Waals surface area contributed by atoms with Crippen LogP contribution in [0, 0.1) is 11.3 Å². The van der Waals surface area contributed by atoms with Gasteiger partial charge in [-0.25, -0.2) is 4.99 Å². The molecule has 0 aromatic heterocycles. The Bertz CT molecular complexity index is 792. The van der Waals surface area contributed by atoms with Gasteiger partial charge < -0.3 is 10.6 Å². The number of rotatable bonds is 7. The van der Waals surface area contributed by atoms with E-state index < -0.39 is 0 Å². The summed E-state index contributed by atoms with van der Waals surface area (Å²) in [4.78, 5) is 7.29. The van der Waals surface area contributed by atoms with Crippen LogP contribution in [0.3, 0.4) is 0 Å². The molecule has 1 aliphatic rings. The first kappa shape index (κ1) is 23.2. The van der Waals surface area contributed by atoms with Crippen molar-refractivity contribution in [1.29, 1.82) is 5.26 Å². The molecule has 1 aliphatic heterocycles. The molecule has 0 amide bonds. The molecule has 2 aromatic carbocycles. The van der Waals surface area contributed by atoms with Crippen molar-refractivity contribution < 1.29 is 0 Å². The Hall–Kier alpha value is -2.11. The van der Waals surface area contributed by atoms with Crippen molar-refractivity contribution in [3.05, 3.63) is 71.3 Å². The Balaban J connectivity index is 0.00000300. The van der Waals surface area contributed by atoms with E-state index in [4.69, 9.17) is 10.3 Å². The predicted molar refractivity (Wildman–Crippen MR) is 129 cm³/mol. The molecule has 1 fully saturated rings. The van der Waals surface area contributed by atoms with Crippen LogP contribution in [0.25, 0.3) is 0 Å². The summed E-state index contributed by atoms with van der Waals surface area (Å²) in [5.41, 5.74) is 3.12. The maximum Gasteiger partial charge on any atom is 0.191 e. The molecule has 3 rings (SSSR count). The third kappa shape index (κ3) is 7.02. The van der Waals surface area contributed by atoms with Crippen molar-refractivity contribution >= 4 is 29.9 Å². The number of nitrogens with one attached hydrogen (secondary N) is 2. The molecular weight excluding hydrogens is 473 g/mol. The fourth-order valence-electron chi connectivity index (χ4n) is 3.58. The van der Waals surface area contributed by atoms with E-state index >= 15 is 0 Å². The van der Waals surface area contributed by atoms with Crippen molar-refractivity contribution in [2.75, 3.05) is 26.2 Å². The first-order valence-corrected chi connectivity index (χ1v) is 10.1. The molecular formula is C23H30IN5. The number of benzene rings is 2. The molecule has 1 saturated heterocycles. The highest BCUT2D eigenvalue weighted by molar-refractivity contribution is 14.0. The predicted octanol–water partition coefficient (Wildman–Crippen LogP) is 4.07. The van der Waals surface area contributed by atoms with Gasteiger partial charge in [-0.05, 0) is 56.1 Å². The van der Waals surface area contributed by atoms with E-state index in [1.165, 1.54) is 18.4 Å². The molecule has 0 aliphatic carbocycles. The first-order valence-electron chi connectivity index (χ1n) is 10.1. The van der Waals surface area contributed by atoms with Crippen LogP contribution in [0.2, 0.25) is 0 Å². The lowest BCUT2D eigenvalue weighted by Gasteiger charge is -2.29. The van der Waals surface area contributed by atoms with Crippen molar-refractivity contribution in [3.63, 3.8) is 0 Å². The van der Waals surface area contributed by atoms with Crippen LogP contribution in [0.15, 0.2) is 59.6 Å². The number of guanidine groups is 1. The number of aliphatic imine (C=N–C) groups is 1. The summed E-state index contributed by atoms with van der Waals surface area (Å²) in [5.74, 6) is 0.826. The number of hydrogen-bond donors (Lipinski definition) is 2. The van der Waals surface area contributed by atoms with Gasteiger partial charge in [0.1, 0.15) is 0 Å². The van der Waals surface area contributed by atoms with Gasteiger partial charge in [0.15, 0.2) is 5.96 Å². The lowest BCUT2D eigenvalue weighted by Crippen LogP contribution is -2.42. The molecule has 0 spiro atoms. The normalized spacial score (nSPS) is 15.2. The van der Waals surface area contributed by atoms with Crippen molar-refractivity contribution in [3.8, 4) is 6.07 Å². The van der Waals surface area contributed by atoms with E-state index in [-0.39, 0.29) is 24.0 Å². The number of nitriles is 1. The van der Waals surface area contributed by atoms with Gasteiger partial charge in [-0.2, -0.15) is 5.26 Å². The lowest BCUT2D eigenvalue weighted by atomic mass is 10.1. The van der Waals surface area contributed by atoms with E-state index in [0.717, 1.165) is 37.7 Å². The lowest BCUT2D eigenvalue weighted by molar-refractivity contribution is 0.245.